The van der Waals surface area contributed by atoms with Gasteiger partial charge in [0.1, 0.15) is 6.54 Å². The van der Waals surface area contributed by atoms with Gasteiger partial charge in [0, 0.05) is 12.7 Å². The molecule has 0 atom stereocenters. The fraction of sp³-hybridized carbons (Fsp3) is 0.385. The number of nitrogens with one attached hydrogen (secondary N) is 1. The highest BCUT2D eigenvalue weighted by atomic mass is 16.4. The molecule has 0 saturated heterocycles. The zero-order chi connectivity index (χ0) is 13.5. The first-order valence-electron chi connectivity index (χ1n) is 5.85. The molecule has 2 amide bonds. The van der Waals surface area contributed by atoms with Gasteiger partial charge in [-0.15, -0.1) is 0 Å². The first-order chi connectivity index (χ1) is 8.52. The Kier molecular flexibility index (Phi) is 5.17. The van der Waals surface area contributed by atoms with Crippen molar-refractivity contribution in [2.75, 3.05) is 18.9 Å². The Labute approximate surface area is 106 Å². The Morgan fingerprint density at radius 1 is 1.28 bits per heavy atom. The number of nitrogens with zero attached hydrogens (tertiary/aromatic N) is 1. The van der Waals surface area contributed by atoms with Gasteiger partial charge in [-0.2, -0.15) is 0 Å². The second-order valence-electron chi connectivity index (χ2n) is 4.13. The number of rotatable bonds is 5. The summed E-state index contributed by atoms with van der Waals surface area (Å²) in [4.78, 5) is 23.2. The fourth-order valence-electron chi connectivity index (χ4n) is 1.54. The second-order valence-corrected chi connectivity index (χ2v) is 4.13. The van der Waals surface area contributed by atoms with E-state index < -0.39 is 12.0 Å². The van der Waals surface area contributed by atoms with E-state index in [4.69, 9.17) is 5.11 Å². The van der Waals surface area contributed by atoms with Gasteiger partial charge in [0.25, 0.3) is 0 Å². The first kappa shape index (κ1) is 14.0. The minimum absolute atomic E-state index is 0.320. The van der Waals surface area contributed by atoms with Crippen molar-refractivity contribution in [1.29, 1.82) is 0 Å². The van der Waals surface area contributed by atoms with Crippen molar-refractivity contribution in [3.63, 3.8) is 0 Å². The third-order valence-corrected chi connectivity index (χ3v) is 2.46. The van der Waals surface area contributed by atoms with E-state index in [-0.39, 0.29) is 6.54 Å². The van der Waals surface area contributed by atoms with E-state index in [2.05, 4.69) is 12.2 Å². The van der Waals surface area contributed by atoms with Gasteiger partial charge < -0.3 is 15.3 Å². The van der Waals surface area contributed by atoms with Crippen molar-refractivity contribution in [2.45, 2.75) is 19.8 Å². The van der Waals surface area contributed by atoms with Crippen LogP contribution >= 0.6 is 0 Å². The molecule has 0 radical (unpaired) electrons. The molecule has 0 aliphatic carbocycles. The number of benzene rings is 1. The molecule has 0 aliphatic rings. The Hall–Kier alpha value is -2.04. The molecule has 5 heteroatoms. The number of hydrogen-bond acceptors (Lipinski definition) is 2. The molecule has 1 rings (SSSR count). The van der Waals surface area contributed by atoms with Crippen LogP contribution in [0.15, 0.2) is 24.3 Å². The average molecular weight is 250 g/mol. The van der Waals surface area contributed by atoms with Crippen LogP contribution in [0.4, 0.5) is 10.5 Å². The normalized spacial score (nSPS) is 9.89. The maximum Gasteiger partial charge on any atom is 0.323 e. The van der Waals surface area contributed by atoms with Crippen molar-refractivity contribution in [2.24, 2.45) is 0 Å². The predicted molar refractivity (Wildman–Crippen MR) is 69.7 cm³/mol. The summed E-state index contributed by atoms with van der Waals surface area (Å²) in [5.74, 6) is -1.04. The van der Waals surface area contributed by atoms with Gasteiger partial charge in [-0.3, -0.25) is 4.79 Å². The van der Waals surface area contributed by atoms with Gasteiger partial charge >= 0.3 is 12.0 Å². The Morgan fingerprint density at radius 3 is 2.39 bits per heavy atom. The average Bonchev–Trinajstić information content (AvgIpc) is 2.31. The number of hydrogen-bond donors (Lipinski definition) is 2. The summed E-state index contributed by atoms with van der Waals surface area (Å²) < 4.78 is 0. The van der Waals surface area contributed by atoms with E-state index in [0.29, 0.717) is 5.69 Å². The molecule has 5 nitrogen and oxygen atoms in total. The topological polar surface area (TPSA) is 69.6 Å². The van der Waals surface area contributed by atoms with E-state index in [9.17, 15) is 9.59 Å². The minimum atomic E-state index is -1.04. The summed E-state index contributed by atoms with van der Waals surface area (Å²) in [5, 5.41) is 11.2. The number of likely N-dealkylation sites (N-methyl/N-ethyl adjacent to an activating group) is 1. The highest BCUT2D eigenvalue weighted by Crippen LogP contribution is 2.11. The van der Waals surface area contributed by atoms with Crippen molar-refractivity contribution >= 4 is 17.7 Å². The summed E-state index contributed by atoms with van der Waals surface area (Å²) in [5.41, 5.74) is 1.88. The summed E-state index contributed by atoms with van der Waals surface area (Å²) >= 11 is 0. The number of aliphatic carboxylic acids is 1. The van der Waals surface area contributed by atoms with E-state index in [0.717, 1.165) is 17.7 Å². The number of carbonyl (C=O) groups is 2. The Morgan fingerprint density at radius 2 is 1.89 bits per heavy atom. The lowest BCUT2D eigenvalue weighted by molar-refractivity contribution is -0.137. The van der Waals surface area contributed by atoms with Crippen molar-refractivity contribution in [1.82, 2.24) is 4.90 Å². The molecule has 1 aromatic rings. The quantitative estimate of drug-likeness (QED) is 0.841. The maximum absolute atomic E-state index is 11.6. The summed E-state index contributed by atoms with van der Waals surface area (Å²) in [6.07, 6.45) is 2.08. The lowest BCUT2D eigenvalue weighted by atomic mass is 10.1. The molecular weight excluding hydrogens is 232 g/mol. The zero-order valence-corrected chi connectivity index (χ0v) is 10.6. The zero-order valence-electron chi connectivity index (χ0n) is 10.6. The third-order valence-electron chi connectivity index (χ3n) is 2.46. The van der Waals surface area contributed by atoms with Crippen LogP contribution < -0.4 is 5.32 Å². The molecule has 0 spiro atoms. The highest BCUT2D eigenvalue weighted by Gasteiger charge is 2.11. The van der Waals surface area contributed by atoms with Crippen molar-refractivity contribution < 1.29 is 14.7 Å². The molecule has 0 aliphatic heterocycles. The van der Waals surface area contributed by atoms with Gasteiger partial charge in [0.05, 0.1) is 0 Å². The molecule has 0 bridgehead atoms. The summed E-state index contributed by atoms with van der Waals surface area (Å²) in [7, 11) is 1.44. The standard InChI is InChI=1S/C13H18N2O3/c1-3-4-10-5-7-11(8-6-10)14-13(18)15(2)9-12(16)17/h5-8H,3-4,9H2,1-2H3,(H,14,18)(H,16,17). The monoisotopic (exact) mass is 250 g/mol. The number of anilines is 1. The Bertz CT molecular complexity index is 415. The van der Waals surface area contributed by atoms with Crippen LogP contribution in [0.5, 0.6) is 0 Å². The number of amides is 2. The largest absolute Gasteiger partial charge is 0.480 e. The number of carboxylic acids is 1. The van der Waals surface area contributed by atoms with Crippen LogP contribution in [0.25, 0.3) is 0 Å². The van der Waals surface area contributed by atoms with E-state index >= 15 is 0 Å². The van der Waals surface area contributed by atoms with E-state index in [1.165, 1.54) is 12.6 Å². The molecule has 98 valence electrons. The molecule has 0 aromatic heterocycles. The maximum atomic E-state index is 11.6. The fourth-order valence-corrected chi connectivity index (χ4v) is 1.54. The number of urea groups is 1. The third kappa shape index (κ3) is 4.45. The highest BCUT2D eigenvalue weighted by molar-refractivity contribution is 5.91. The molecule has 18 heavy (non-hydrogen) atoms. The number of carboxylic acid groups (broad SMARTS) is 1. The van der Waals surface area contributed by atoms with Gasteiger partial charge in [-0.1, -0.05) is 25.5 Å². The first-order valence-corrected chi connectivity index (χ1v) is 5.85. The van der Waals surface area contributed by atoms with Crippen LogP contribution in [0.3, 0.4) is 0 Å². The molecule has 1 aromatic carbocycles. The van der Waals surface area contributed by atoms with Gasteiger partial charge in [0.15, 0.2) is 0 Å². The number of aryl methyl sites for hydroxylation is 1. The second kappa shape index (κ2) is 6.64. The van der Waals surface area contributed by atoms with Crippen molar-refractivity contribution in [3.05, 3.63) is 29.8 Å². The van der Waals surface area contributed by atoms with Crippen LogP contribution in [0.2, 0.25) is 0 Å². The Balaban J connectivity index is 2.56. The molecule has 0 heterocycles. The predicted octanol–water partition coefficient (Wildman–Crippen LogP) is 2.19. The van der Waals surface area contributed by atoms with E-state index in [1.807, 2.05) is 24.3 Å². The van der Waals surface area contributed by atoms with Gasteiger partial charge in [0.2, 0.25) is 0 Å². The van der Waals surface area contributed by atoms with Crippen LogP contribution in [-0.2, 0) is 11.2 Å². The molecule has 0 saturated carbocycles. The van der Waals surface area contributed by atoms with E-state index in [1.54, 1.807) is 0 Å². The lowest BCUT2D eigenvalue weighted by Gasteiger charge is -2.15. The molecular formula is C13H18N2O3. The SMILES string of the molecule is CCCc1ccc(NC(=O)N(C)CC(=O)O)cc1. The lowest BCUT2D eigenvalue weighted by Crippen LogP contribution is -2.35. The smallest absolute Gasteiger partial charge is 0.323 e. The molecule has 0 unspecified atom stereocenters. The van der Waals surface area contributed by atoms with Gasteiger partial charge in [-0.05, 0) is 24.1 Å². The molecule has 2 N–H and O–H groups in total. The summed E-state index contributed by atoms with van der Waals surface area (Å²) in [6.45, 7) is 1.79. The minimum Gasteiger partial charge on any atom is -0.480 e. The van der Waals surface area contributed by atoms with Crippen molar-refractivity contribution in [3.8, 4) is 0 Å². The van der Waals surface area contributed by atoms with Crippen LogP contribution in [-0.4, -0.2) is 35.6 Å². The van der Waals surface area contributed by atoms with Gasteiger partial charge in [-0.25, -0.2) is 4.79 Å². The van der Waals surface area contributed by atoms with Crippen LogP contribution in [0.1, 0.15) is 18.9 Å². The number of carbonyl (C=O) groups excluding carboxylic acids is 1. The molecule has 0 fully saturated rings. The van der Waals surface area contributed by atoms with Crippen LogP contribution in [0, 0.1) is 0 Å². The summed E-state index contributed by atoms with van der Waals surface area (Å²) in [6, 6.07) is 7.11.